The molecule has 0 aliphatic rings. The molecule has 112 valence electrons. The Balaban J connectivity index is 1.93. The summed E-state index contributed by atoms with van der Waals surface area (Å²) in [4.78, 5) is 14.6. The quantitative estimate of drug-likeness (QED) is 0.810. The number of anilines is 1. The molecule has 1 unspecified atom stereocenters. The van der Waals surface area contributed by atoms with Crippen LogP contribution in [0.4, 0.5) is 5.69 Å². The van der Waals surface area contributed by atoms with E-state index >= 15 is 0 Å². The third-order valence-electron chi connectivity index (χ3n) is 3.33. The molecule has 0 spiro atoms. The first-order chi connectivity index (χ1) is 9.95. The summed E-state index contributed by atoms with van der Waals surface area (Å²) < 4.78 is 1.77. The molecule has 0 fully saturated rings. The van der Waals surface area contributed by atoms with Crippen LogP contribution >= 0.6 is 38.9 Å². The third-order valence-corrected chi connectivity index (χ3v) is 5.09. The van der Waals surface area contributed by atoms with Crippen molar-refractivity contribution in [3.63, 3.8) is 0 Å². The monoisotopic (exact) mass is 387 g/mol. The van der Waals surface area contributed by atoms with E-state index in [-0.39, 0.29) is 11.9 Å². The summed E-state index contributed by atoms with van der Waals surface area (Å²) in [6.07, 6.45) is 0. The van der Waals surface area contributed by atoms with Crippen molar-refractivity contribution in [3.8, 4) is 0 Å². The molecule has 0 saturated heterocycles. The largest absolute Gasteiger partial charge is 0.323 e. The van der Waals surface area contributed by atoms with E-state index in [1.165, 1.54) is 4.88 Å². The molecule has 0 aliphatic carbocycles. The van der Waals surface area contributed by atoms with Crippen molar-refractivity contribution in [2.24, 2.45) is 0 Å². The van der Waals surface area contributed by atoms with Crippen LogP contribution in [0.1, 0.15) is 11.8 Å². The fraction of sp³-hybridized carbons (Fsp3) is 0.267. The van der Waals surface area contributed by atoms with Gasteiger partial charge in [0.2, 0.25) is 0 Å². The van der Waals surface area contributed by atoms with Crippen LogP contribution in [0, 0.1) is 0 Å². The van der Waals surface area contributed by atoms with Gasteiger partial charge in [-0.1, -0.05) is 27.5 Å². The topological polar surface area (TPSA) is 33.5 Å². The molecule has 2 N–H and O–H groups in total. The van der Waals surface area contributed by atoms with Crippen molar-refractivity contribution in [1.82, 2.24) is 0 Å². The maximum Gasteiger partial charge on any atom is 0.282 e. The standard InChI is InChI=1S/C15H16BrClN2OS/c1-10(19(2)9-13-7-8-14(17)21-13)15(20)18-12-5-3-11(16)4-6-12/h3-8,10H,9H2,1-2H3,(H,18,20)/p+1/t10-/m0/s1. The SMILES string of the molecule is C[C@@H](C(=O)Nc1ccc(Br)cc1)[NH+](C)Cc1ccc(Cl)s1. The lowest BCUT2D eigenvalue weighted by atomic mass is 10.2. The minimum absolute atomic E-state index is 0.0116. The summed E-state index contributed by atoms with van der Waals surface area (Å²) >= 11 is 10.9. The van der Waals surface area contributed by atoms with Gasteiger partial charge in [-0.2, -0.15) is 0 Å². The average molecular weight is 389 g/mol. The van der Waals surface area contributed by atoms with Gasteiger partial charge in [0, 0.05) is 10.2 Å². The van der Waals surface area contributed by atoms with Crippen LogP contribution in [0.2, 0.25) is 4.34 Å². The number of carbonyl (C=O) groups is 1. The first-order valence-electron chi connectivity index (χ1n) is 6.58. The van der Waals surface area contributed by atoms with Gasteiger partial charge < -0.3 is 10.2 Å². The van der Waals surface area contributed by atoms with Gasteiger partial charge in [-0.05, 0) is 43.3 Å². The maximum atomic E-state index is 12.3. The zero-order valence-electron chi connectivity index (χ0n) is 11.8. The van der Waals surface area contributed by atoms with E-state index in [1.54, 1.807) is 11.3 Å². The molecule has 21 heavy (non-hydrogen) atoms. The molecule has 0 radical (unpaired) electrons. The molecule has 1 heterocycles. The summed E-state index contributed by atoms with van der Waals surface area (Å²) in [5.41, 5.74) is 0.807. The van der Waals surface area contributed by atoms with Gasteiger partial charge in [0.15, 0.2) is 6.04 Å². The van der Waals surface area contributed by atoms with E-state index in [2.05, 4.69) is 21.2 Å². The van der Waals surface area contributed by atoms with Crippen molar-refractivity contribution in [2.75, 3.05) is 12.4 Å². The highest BCUT2D eigenvalue weighted by atomic mass is 79.9. The summed E-state index contributed by atoms with van der Waals surface area (Å²) in [5.74, 6) is 0.0116. The highest BCUT2D eigenvalue weighted by molar-refractivity contribution is 9.10. The number of nitrogens with one attached hydrogen (secondary N) is 2. The lowest BCUT2D eigenvalue weighted by Crippen LogP contribution is -3.12. The van der Waals surface area contributed by atoms with Crippen LogP contribution in [-0.2, 0) is 11.3 Å². The smallest absolute Gasteiger partial charge is 0.282 e. The number of rotatable bonds is 5. The number of hydrogen-bond donors (Lipinski definition) is 2. The van der Waals surface area contributed by atoms with Crippen LogP contribution in [0.15, 0.2) is 40.9 Å². The van der Waals surface area contributed by atoms with Gasteiger partial charge in [0.05, 0.1) is 16.3 Å². The van der Waals surface area contributed by atoms with Crippen molar-refractivity contribution in [2.45, 2.75) is 19.5 Å². The van der Waals surface area contributed by atoms with Crippen molar-refractivity contribution >= 4 is 50.5 Å². The Bertz CT molecular complexity index is 614. The number of likely N-dealkylation sites (N-methyl/N-ethyl adjacent to an activating group) is 1. The van der Waals surface area contributed by atoms with E-state index in [4.69, 9.17) is 11.6 Å². The Hall–Kier alpha value is -0.880. The fourth-order valence-corrected chi connectivity index (χ4v) is 3.33. The second-order valence-corrected chi connectivity index (χ2v) is 7.66. The lowest BCUT2D eigenvalue weighted by Gasteiger charge is -2.20. The van der Waals surface area contributed by atoms with E-state index < -0.39 is 0 Å². The van der Waals surface area contributed by atoms with Crippen LogP contribution in [0.5, 0.6) is 0 Å². The van der Waals surface area contributed by atoms with Gasteiger partial charge in [-0.15, -0.1) is 11.3 Å². The second-order valence-electron chi connectivity index (χ2n) is 4.95. The van der Waals surface area contributed by atoms with E-state index in [0.717, 1.165) is 25.9 Å². The number of carbonyl (C=O) groups excluding carboxylic acids is 1. The van der Waals surface area contributed by atoms with E-state index in [9.17, 15) is 4.79 Å². The summed E-state index contributed by atoms with van der Waals surface area (Å²) in [6, 6.07) is 11.3. The van der Waals surface area contributed by atoms with Crippen LogP contribution in [-0.4, -0.2) is 19.0 Å². The predicted molar refractivity (Wildman–Crippen MR) is 92.2 cm³/mol. The molecule has 6 heteroatoms. The molecule has 0 aliphatic heterocycles. The average Bonchev–Trinajstić information content (AvgIpc) is 2.85. The Morgan fingerprint density at radius 1 is 1.33 bits per heavy atom. The minimum Gasteiger partial charge on any atom is -0.323 e. The Morgan fingerprint density at radius 2 is 2.00 bits per heavy atom. The first kappa shape index (κ1) is 16.5. The number of amides is 1. The molecule has 0 bridgehead atoms. The molecular formula is C15H17BrClN2OS+. The molecule has 3 nitrogen and oxygen atoms in total. The van der Waals surface area contributed by atoms with Gasteiger partial charge in [0.25, 0.3) is 5.91 Å². The zero-order chi connectivity index (χ0) is 15.4. The number of thiophene rings is 1. The van der Waals surface area contributed by atoms with Crippen LogP contribution < -0.4 is 10.2 Å². The molecule has 2 aromatic rings. The zero-order valence-corrected chi connectivity index (χ0v) is 15.0. The van der Waals surface area contributed by atoms with Crippen molar-refractivity contribution in [3.05, 3.63) is 50.1 Å². The normalized spacial score (nSPS) is 13.7. The highest BCUT2D eigenvalue weighted by Gasteiger charge is 2.22. The van der Waals surface area contributed by atoms with Gasteiger partial charge in [0.1, 0.15) is 6.54 Å². The van der Waals surface area contributed by atoms with Crippen molar-refractivity contribution < 1.29 is 9.69 Å². The number of quaternary nitrogens is 1. The molecule has 2 atom stereocenters. The van der Waals surface area contributed by atoms with Gasteiger partial charge >= 0.3 is 0 Å². The van der Waals surface area contributed by atoms with Gasteiger partial charge in [-0.3, -0.25) is 4.79 Å². The molecule has 2 rings (SSSR count). The molecule has 0 saturated carbocycles. The van der Waals surface area contributed by atoms with Crippen LogP contribution in [0.25, 0.3) is 0 Å². The molecular weight excluding hydrogens is 372 g/mol. The summed E-state index contributed by atoms with van der Waals surface area (Å²) in [6.45, 7) is 2.71. The van der Waals surface area contributed by atoms with E-state index in [1.807, 2.05) is 50.4 Å². The Labute approximate surface area is 142 Å². The summed E-state index contributed by atoms with van der Waals surface area (Å²) in [7, 11) is 2.01. The number of benzene rings is 1. The fourth-order valence-electron chi connectivity index (χ4n) is 1.88. The maximum absolute atomic E-state index is 12.3. The van der Waals surface area contributed by atoms with Crippen molar-refractivity contribution in [1.29, 1.82) is 0 Å². The Kier molecular flexibility index (Phi) is 5.81. The highest BCUT2D eigenvalue weighted by Crippen LogP contribution is 2.20. The predicted octanol–water partition coefficient (Wildman–Crippen LogP) is 3.21. The summed E-state index contributed by atoms with van der Waals surface area (Å²) in [5, 5.41) is 2.94. The van der Waals surface area contributed by atoms with E-state index in [0.29, 0.717) is 0 Å². The second kappa shape index (κ2) is 7.40. The van der Waals surface area contributed by atoms with Crippen LogP contribution in [0.3, 0.4) is 0 Å². The first-order valence-corrected chi connectivity index (χ1v) is 8.57. The lowest BCUT2D eigenvalue weighted by molar-refractivity contribution is -0.907. The third kappa shape index (κ3) is 4.81. The number of hydrogen-bond acceptors (Lipinski definition) is 2. The minimum atomic E-state index is -0.144. The van der Waals surface area contributed by atoms with Gasteiger partial charge in [-0.25, -0.2) is 0 Å². The molecule has 1 aromatic carbocycles. The molecule has 1 aromatic heterocycles. The Morgan fingerprint density at radius 3 is 2.57 bits per heavy atom. The number of halogens is 2. The molecule has 1 amide bonds.